The highest BCUT2D eigenvalue weighted by molar-refractivity contribution is 5.69. The predicted molar refractivity (Wildman–Crippen MR) is 90.6 cm³/mol. The van der Waals surface area contributed by atoms with Gasteiger partial charge < -0.3 is 24.8 Å². The summed E-state index contributed by atoms with van der Waals surface area (Å²) in [6, 6.07) is 0. The molecule has 4 atom stereocenters. The maximum atomic E-state index is 11.8. The van der Waals surface area contributed by atoms with E-state index in [9.17, 15) is 15.0 Å². The largest absolute Gasteiger partial charge is 0.457 e. The Balaban J connectivity index is 2.06. The van der Waals surface area contributed by atoms with Crippen molar-refractivity contribution in [3.8, 4) is 0 Å². The van der Waals surface area contributed by atoms with Gasteiger partial charge in [0.05, 0.1) is 13.2 Å². The van der Waals surface area contributed by atoms with Gasteiger partial charge in [-0.05, 0) is 6.42 Å². The number of hydrogen-bond donors (Lipinski definition) is 3. The van der Waals surface area contributed by atoms with Gasteiger partial charge in [0.1, 0.15) is 18.3 Å². The molecule has 6 heteroatoms. The van der Waals surface area contributed by atoms with Crippen molar-refractivity contribution in [1.82, 2.24) is 0 Å². The maximum Gasteiger partial charge on any atom is 0.306 e. The third-order valence-electron chi connectivity index (χ3n) is 4.53. The van der Waals surface area contributed by atoms with Gasteiger partial charge in [-0.2, -0.15) is 0 Å². The van der Waals surface area contributed by atoms with Crippen LogP contribution in [-0.2, 0) is 14.3 Å². The van der Waals surface area contributed by atoms with E-state index in [1.807, 2.05) is 0 Å². The molecule has 3 N–H and O–H groups in total. The first-order valence-electron chi connectivity index (χ1n) is 9.38. The van der Waals surface area contributed by atoms with Gasteiger partial charge in [0.25, 0.3) is 0 Å². The Bertz CT molecular complexity index is 335. The number of hydrogen-bond acceptors (Lipinski definition) is 6. The number of carbonyl (C=O) groups is 1. The lowest BCUT2D eigenvalue weighted by Gasteiger charge is -2.36. The van der Waals surface area contributed by atoms with Crippen LogP contribution in [0.25, 0.3) is 0 Å². The van der Waals surface area contributed by atoms with Crippen LogP contribution < -0.4 is 0 Å². The molecule has 1 fully saturated rings. The van der Waals surface area contributed by atoms with Crippen LogP contribution in [0, 0.1) is 0 Å². The van der Waals surface area contributed by atoms with Crippen LogP contribution in [0.15, 0.2) is 0 Å². The van der Waals surface area contributed by atoms with E-state index in [1.165, 1.54) is 38.5 Å². The van der Waals surface area contributed by atoms with Gasteiger partial charge in [0.2, 0.25) is 0 Å². The average Bonchev–Trinajstić information content (AvgIpc) is 2.58. The normalized spacial score (nSPS) is 27.2. The fourth-order valence-corrected chi connectivity index (χ4v) is 2.93. The third kappa shape index (κ3) is 7.92. The Labute approximate surface area is 145 Å². The fourth-order valence-electron chi connectivity index (χ4n) is 2.93. The molecule has 0 aromatic carbocycles. The van der Waals surface area contributed by atoms with Crippen molar-refractivity contribution in [1.29, 1.82) is 0 Å². The summed E-state index contributed by atoms with van der Waals surface area (Å²) in [5.41, 5.74) is 0. The van der Waals surface area contributed by atoms with Crippen LogP contribution in [0.2, 0.25) is 0 Å². The van der Waals surface area contributed by atoms with Crippen molar-refractivity contribution in [3.63, 3.8) is 0 Å². The third-order valence-corrected chi connectivity index (χ3v) is 4.53. The molecular formula is C18H34O6. The van der Waals surface area contributed by atoms with Crippen LogP contribution in [0.4, 0.5) is 0 Å². The Kier molecular flexibility index (Phi) is 11.2. The van der Waals surface area contributed by atoms with Crippen LogP contribution in [0.5, 0.6) is 0 Å². The molecular weight excluding hydrogens is 312 g/mol. The van der Waals surface area contributed by atoms with E-state index in [-0.39, 0.29) is 19.2 Å². The minimum atomic E-state index is -1.24. The number of unbranched alkanes of at least 4 members (excludes halogenated alkanes) is 8. The summed E-state index contributed by atoms with van der Waals surface area (Å²) in [5, 5.41) is 28.6. The van der Waals surface area contributed by atoms with Crippen LogP contribution in [0.1, 0.15) is 71.1 Å². The van der Waals surface area contributed by atoms with Crippen molar-refractivity contribution >= 4 is 5.97 Å². The number of ether oxygens (including phenoxy) is 2. The van der Waals surface area contributed by atoms with E-state index in [4.69, 9.17) is 14.6 Å². The second-order valence-corrected chi connectivity index (χ2v) is 6.64. The zero-order chi connectivity index (χ0) is 17.8. The smallest absolute Gasteiger partial charge is 0.306 e. The molecule has 0 bridgehead atoms. The van der Waals surface area contributed by atoms with E-state index in [1.54, 1.807) is 0 Å². The quantitative estimate of drug-likeness (QED) is 0.369. The molecule has 0 saturated carbocycles. The van der Waals surface area contributed by atoms with Crippen molar-refractivity contribution in [2.24, 2.45) is 0 Å². The minimum Gasteiger partial charge on any atom is -0.457 e. The second-order valence-electron chi connectivity index (χ2n) is 6.64. The Morgan fingerprint density at radius 2 is 1.58 bits per heavy atom. The van der Waals surface area contributed by atoms with Gasteiger partial charge in [-0.25, -0.2) is 0 Å². The van der Waals surface area contributed by atoms with Crippen LogP contribution >= 0.6 is 0 Å². The van der Waals surface area contributed by atoms with Crippen molar-refractivity contribution in [3.05, 3.63) is 0 Å². The first-order chi connectivity index (χ1) is 11.6. The van der Waals surface area contributed by atoms with Crippen LogP contribution in [-0.4, -0.2) is 58.9 Å². The molecule has 0 aromatic heterocycles. The molecule has 1 aliphatic rings. The second kappa shape index (κ2) is 12.6. The number of rotatable bonds is 12. The van der Waals surface area contributed by atoms with Gasteiger partial charge >= 0.3 is 5.97 Å². The SMILES string of the molecule is CCCCCCCCCCCC(=O)O[C@@H]1CO[C@H](CO)[C@@H](O)[C@@H]1O. The molecule has 24 heavy (non-hydrogen) atoms. The van der Waals surface area contributed by atoms with E-state index in [0.717, 1.165) is 19.3 Å². The number of aliphatic hydroxyl groups is 3. The summed E-state index contributed by atoms with van der Waals surface area (Å²) >= 11 is 0. The highest BCUT2D eigenvalue weighted by Crippen LogP contribution is 2.19. The molecule has 0 aliphatic carbocycles. The number of aliphatic hydroxyl groups excluding tert-OH is 3. The van der Waals surface area contributed by atoms with Gasteiger partial charge in [-0.1, -0.05) is 58.3 Å². The summed E-state index contributed by atoms with van der Waals surface area (Å²) in [5.74, 6) is -0.375. The molecule has 1 rings (SSSR count). The van der Waals surface area contributed by atoms with Gasteiger partial charge in [-0.3, -0.25) is 4.79 Å². The summed E-state index contributed by atoms with van der Waals surface area (Å²) in [6.07, 6.45) is 6.74. The Morgan fingerprint density at radius 3 is 2.17 bits per heavy atom. The molecule has 0 radical (unpaired) electrons. The lowest BCUT2D eigenvalue weighted by Crippen LogP contribution is -2.55. The Morgan fingerprint density at radius 1 is 1.00 bits per heavy atom. The number of carbonyl (C=O) groups excluding carboxylic acids is 1. The monoisotopic (exact) mass is 346 g/mol. The standard InChI is InChI=1S/C18H34O6/c1-2-3-4-5-6-7-8-9-10-11-16(20)24-15-13-23-14(12-19)17(21)18(15)22/h14-15,17-19,21-22H,2-13H2,1H3/t14-,15-,17-,18-/m1/s1. The zero-order valence-electron chi connectivity index (χ0n) is 14.9. The van der Waals surface area contributed by atoms with Gasteiger partial charge in [-0.15, -0.1) is 0 Å². The minimum absolute atomic E-state index is 0.00699. The fraction of sp³-hybridized carbons (Fsp3) is 0.944. The highest BCUT2D eigenvalue weighted by atomic mass is 16.6. The lowest BCUT2D eigenvalue weighted by molar-refractivity contribution is -0.210. The van der Waals surface area contributed by atoms with Crippen molar-refractivity contribution in [2.75, 3.05) is 13.2 Å². The molecule has 142 valence electrons. The Hall–Kier alpha value is -0.690. The van der Waals surface area contributed by atoms with E-state index >= 15 is 0 Å². The maximum absolute atomic E-state index is 11.8. The van der Waals surface area contributed by atoms with Gasteiger partial charge in [0.15, 0.2) is 6.10 Å². The average molecular weight is 346 g/mol. The molecule has 6 nitrogen and oxygen atoms in total. The van der Waals surface area contributed by atoms with Crippen molar-refractivity contribution in [2.45, 2.75) is 95.5 Å². The van der Waals surface area contributed by atoms with E-state index < -0.39 is 24.4 Å². The lowest BCUT2D eigenvalue weighted by atomic mass is 10.0. The molecule has 1 saturated heterocycles. The molecule has 0 spiro atoms. The first-order valence-corrected chi connectivity index (χ1v) is 9.38. The summed E-state index contributed by atoms with van der Waals surface area (Å²) < 4.78 is 10.4. The summed E-state index contributed by atoms with van der Waals surface area (Å²) in [6.45, 7) is 1.83. The van der Waals surface area contributed by atoms with Crippen molar-refractivity contribution < 1.29 is 29.6 Å². The summed E-state index contributed by atoms with van der Waals surface area (Å²) in [4.78, 5) is 11.8. The van der Waals surface area contributed by atoms with Crippen LogP contribution in [0.3, 0.4) is 0 Å². The topological polar surface area (TPSA) is 96.2 Å². The highest BCUT2D eigenvalue weighted by Gasteiger charge is 2.40. The zero-order valence-corrected chi connectivity index (χ0v) is 14.9. The van der Waals surface area contributed by atoms with E-state index in [0.29, 0.717) is 6.42 Å². The molecule has 0 unspecified atom stereocenters. The number of esters is 1. The molecule has 1 aliphatic heterocycles. The van der Waals surface area contributed by atoms with E-state index in [2.05, 4.69) is 6.92 Å². The molecule has 0 aromatic rings. The first kappa shape index (κ1) is 21.4. The molecule has 1 heterocycles. The van der Waals surface area contributed by atoms with Gasteiger partial charge in [0, 0.05) is 6.42 Å². The predicted octanol–water partition coefficient (Wildman–Crippen LogP) is 1.93. The summed E-state index contributed by atoms with van der Waals surface area (Å²) in [7, 11) is 0. The molecule has 0 amide bonds.